The Balaban J connectivity index is 1.31. The van der Waals surface area contributed by atoms with Crippen molar-refractivity contribution < 1.29 is 14.3 Å². The van der Waals surface area contributed by atoms with Crippen LogP contribution in [0.4, 0.5) is 0 Å². The van der Waals surface area contributed by atoms with Crippen LogP contribution in [0.2, 0.25) is 0 Å². The molecule has 6 heteroatoms. The number of hydrogen-bond donors (Lipinski definition) is 0. The first-order valence-electron chi connectivity index (χ1n) is 10.0. The zero-order valence-corrected chi connectivity index (χ0v) is 17.7. The van der Waals surface area contributed by atoms with Crippen LogP contribution in [0.3, 0.4) is 0 Å². The van der Waals surface area contributed by atoms with Crippen LogP contribution in [0.5, 0.6) is 11.5 Å². The quantitative estimate of drug-likeness (QED) is 0.593. The molecule has 29 heavy (non-hydrogen) atoms. The van der Waals surface area contributed by atoms with Gasteiger partial charge in [0.1, 0.15) is 0 Å². The van der Waals surface area contributed by atoms with E-state index >= 15 is 0 Å². The number of ether oxygens (including phenoxy) is 2. The van der Waals surface area contributed by atoms with Crippen LogP contribution in [-0.2, 0) is 11.2 Å². The van der Waals surface area contributed by atoms with Crippen LogP contribution in [0.15, 0.2) is 42.5 Å². The molecule has 1 amide bonds. The first-order chi connectivity index (χ1) is 14.2. The Morgan fingerprint density at radius 1 is 1.10 bits per heavy atom. The van der Waals surface area contributed by atoms with Crippen LogP contribution in [0, 0.1) is 0 Å². The molecule has 0 saturated carbocycles. The maximum atomic E-state index is 12.7. The minimum atomic E-state index is 0.225. The average molecular weight is 411 g/mol. The van der Waals surface area contributed by atoms with Crippen molar-refractivity contribution in [3.05, 3.63) is 53.0 Å². The lowest BCUT2D eigenvalue weighted by atomic mass is 9.97. The van der Waals surface area contributed by atoms with E-state index in [2.05, 4.69) is 18.2 Å². The van der Waals surface area contributed by atoms with E-state index in [4.69, 9.17) is 14.5 Å². The second-order valence-corrected chi connectivity index (χ2v) is 8.43. The number of aromatic nitrogens is 1. The van der Waals surface area contributed by atoms with Gasteiger partial charge >= 0.3 is 0 Å². The average Bonchev–Trinajstić information content (AvgIpc) is 3.21. The molecule has 1 fully saturated rings. The molecule has 0 aliphatic carbocycles. The SMILES string of the molecule is COc1ccc(CCC(=O)N2CCC(c3nc4ccccc4s3)CC2)cc1OC. The summed E-state index contributed by atoms with van der Waals surface area (Å²) in [5.74, 6) is 2.10. The van der Waals surface area contributed by atoms with E-state index in [9.17, 15) is 4.79 Å². The Bertz CT molecular complexity index is 960. The number of fused-ring (bicyclic) bond motifs is 1. The van der Waals surface area contributed by atoms with Gasteiger partial charge in [-0.1, -0.05) is 18.2 Å². The summed E-state index contributed by atoms with van der Waals surface area (Å²) in [6, 6.07) is 14.1. The van der Waals surface area contributed by atoms with Gasteiger partial charge in [0.2, 0.25) is 5.91 Å². The third kappa shape index (κ3) is 4.37. The number of likely N-dealkylation sites (tertiary alicyclic amines) is 1. The molecular weight excluding hydrogens is 384 g/mol. The molecule has 0 spiro atoms. The highest BCUT2D eigenvalue weighted by atomic mass is 32.1. The molecule has 1 aromatic heterocycles. The Hall–Kier alpha value is -2.60. The largest absolute Gasteiger partial charge is 0.493 e. The minimum Gasteiger partial charge on any atom is -0.493 e. The molecule has 0 unspecified atom stereocenters. The highest BCUT2D eigenvalue weighted by molar-refractivity contribution is 7.18. The predicted octanol–water partition coefficient (Wildman–Crippen LogP) is 4.65. The first kappa shape index (κ1) is 19.7. The lowest BCUT2D eigenvalue weighted by Crippen LogP contribution is -2.38. The van der Waals surface area contributed by atoms with Crippen molar-refractivity contribution in [2.45, 2.75) is 31.6 Å². The van der Waals surface area contributed by atoms with Gasteiger partial charge in [-0.05, 0) is 49.1 Å². The van der Waals surface area contributed by atoms with Crippen molar-refractivity contribution in [1.82, 2.24) is 9.88 Å². The number of aryl methyl sites for hydroxylation is 1. The van der Waals surface area contributed by atoms with Gasteiger partial charge < -0.3 is 14.4 Å². The Kier molecular flexibility index (Phi) is 6.00. The van der Waals surface area contributed by atoms with E-state index in [-0.39, 0.29) is 5.91 Å². The number of thiazole rings is 1. The number of hydrogen-bond acceptors (Lipinski definition) is 5. The number of methoxy groups -OCH3 is 2. The Labute approximate surface area is 175 Å². The molecule has 4 rings (SSSR count). The van der Waals surface area contributed by atoms with Crippen molar-refractivity contribution in [3.8, 4) is 11.5 Å². The predicted molar refractivity (Wildman–Crippen MR) is 116 cm³/mol. The maximum Gasteiger partial charge on any atom is 0.222 e. The molecule has 1 aliphatic heterocycles. The third-order valence-electron chi connectivity index (χ3n) is 5.58. The lowest BCUT2D eigenvalue weighted by molar-refractivity contribution is -0.132. The fourth-order valence-corrected chi connectivity index (χ4v) is 5.02. The smallest absolute Gasteiger partial charge is 0.222 e. The number of amides is 1. The molecule has 2 aromatic carbocycles. The summed E-state index contributed by atoms with van der Waals surface area (Å²) in [5, 5.41) is 1.21. The van der Waals surface area contributed by atoms with E-state index in [1.165, 1.54) is 9.71 Å². The van der Waals surface area contributed by atoms with Crippen molar-refractivity contribution in [3.63, 3.8) is 0 Å². The van der Waals surface area contributed by atoms with Gasteiger partial charge in [0.25, 0.3) is 0 Å². The second-order valence-electron chi connectivity index (χ2n) is 7.36. The zero-order chi connectivity index (χ0) is 20.2. The van der Waals surface area contributed by atoms with Crippen LogP contribution in [0.25, 0.3) is 10.2 Å². The topological polar surface area (TPSA) is 51.7 Å². The van der Waals surface area contributed by atoms with Gasteiger partial charge in [-0.2, -0.15) is 0 Å². The highest BCUT2D eigenvalue weighted by Crippen LogP contribution is 2.34. The first-order valence-corrected chi connectivity index (χ1v) is 10.8. The number of benzene rings is 2. The van der Waals surface area contributed by atoms with E-state index in [1.54, 1.807) is 25.6 Å². The standard InChI is InChI=1S/C23H26N2O3S/c1-27-19-9-7-16(15-20(19)28-2)8-10-22(26)25-13-11-17(12-14-25)23-24-18-5-3-4-6-21(18)29-23/h3-7,9,15,17H,8,10-14H2,1-2H3. The molecule has 0 N–H and O–H groups in total. The van der Waals surface area contributed by atoms with Gasteiger partial charge in [-0.25, -0.2) is 4.98 Å². The summed E-state index contributed by atoms with van der Waals surface area (Å²) in [5.41, 5.74) is 2.17. The van der Waals surface area contributed by atoms with Crippen LogP contribution in [0.1, 0.15) is 35.8 Å². The zero-order valence-electron chi connectivity index (χ0n) is 16.9. The number of piperidine rings is 1. The van der Waals surface area contributed by atoms with Gasteiger partial charge in [0, 0.05) is 25.4 Å². The normalized spacial score (nSPS) is 14.9. The van der Waals surface area contributed by atoms with Gasteiger partial charge in [-0.3, -0.25) is 4.79 Å². The van der Waals surface area contributed by atoms with Gasteiger partial charge in [-0.15, -0.1) is 11.3 Å². The summed E-state index contributed by atoms with van der Waals surface area (Å²) in [6.07, 6.45) is 3.20. The Morgan fingerprint density at radius 3 is 2.59 bits per heavy atom. The van der Waals surface area contributed by atoms with E-state index in [0.717, 1.165) is 37.0 Å². The van der Waals surface area contributed by atoms with E-state index in [0.29, 0.717) is 30.3 Å². The fraction of sp³-hybridized carbons (Fsp3) is 0.391. The maximum absolute atomic E-state index is 12.7. The monoisotopic (exact) mass is 410 g/mol. The molecular formula is C23H26N2O3S. The van der Waals surface area contributed by atoms with Crippen LogP contribution >= 0.6 is 11.3 Å². The second kappa shape index (κ2) is 8.82. The number of carbonyl (C=O) groups excluding carboxylic acids is 1. The van der Waals surface area contributed by atoms with Crippen LogP contribution < -0.4 is 9.47 Å². The molecule has 1 aliphatic rings. The molecule has 3 aromatic rings. The van der Waals surface area contributed by atoms with Crippen molar-refractivity contribution in [2.75, 3.05) is 27.3 Å². The van der Waals surface area contributed by atoms with Crippen molar-refractivity contribution >= 4 is 27.5 Å². The molecule has 152 valence electrons. The number of carbonyl (C=O) groups is 1. The fourth-order valence-electron chi connectivity index (χ4n) is 3.89. The van der Waals surface area contributed by atoms with Crippen LogP contribution in [-0.4, -0.2) is 43.1 Å². The van der Waals surface area contributed by atoms with E-state index in [1.807, 2.05) is 29.2 Å². The van der Waals surface area contributed by atoms with Crippen molar-refractivity contribution in [1.29, 1.82) is 0 Å². The molecule has 0 radical (unpaired) electrons. The number of rotatable bonds is 6. The van der Waals surface area contributed by atoms with Crippen molar-refractivity contribution in [2.24, 2.45) is 0 Å². The summed E-state index contributed by atoms with van der Waals surface area (Å²) >= 11 is 1.79. The summed E-state index contributed by atoms with van der Waals surface area (Å²) < 4.78 is 11.9. The van der Waals surface area contributed by atoms with Gasteiger partial charge in [0.15, 0.2) is 11.5 Å². The lowest BCUT2D eigenvalue weighted by Gasteiger charge is -2.31. The third-order valence-corrected chi connectivity index (χ3v) is 6.78. The number of nitrogens with zero attached hydrogens (tertiary/aromatic N) is 2. The summed E-state index contributed by atoms with van der Waals surface area (Å²) in [6.45, 7) is 1.62. The highest BCUT2D eigenvalue weighted by Gasteiger charge is 2.25. The Morgan fingerprint density at radius 2 is 1.86 bits per heavy atom. The molecule has 0 bridgehead atoms. The number of para-hydroxylation sites is 1. The molecule has 1 saturated heterocycles. The summed E-state index contributed by atoms with van der Waals surface area (Å²) in [4.78, 5) is 19.5. The van der Waals surface area contributed by atoms with Gasteiger partial charge in [0.05, 0.1) is 29.4 Å². The molecule has 5 nitrogen and oxygen atoms in total. The summed E-state index contributed by atoms with van der Waals surface area (Å²) in [7, 11) is 3.25. The molecule has 0 atom stereocenters. The van der Waals surface area contributed by atoms with E-state index < -0.39 is 0 Å². The minimum absolute atomic E-state index is 0.225. The molecule has 2 heterocycles.